The molecule has 4 rings (SSSR count). The van der Waals surface area contributed by atoms with E-state index < -0.39 is 15.8 Å². The molecule has 178 valence electrons. The number of sulfonamides is 1. The minimum Gasteiger partial charge on any atom is -0.371 e. The molecule has 2 aliphatic rings. The molecular formula is C25H32FN3O3S. The first-order chi connectivity index (χ1) is 15.8. The minimum absolute atomic E-state index is 0.0524. The summed E-state index contributed by atoms with van der Waals surface area (Å²) in [5.41, 5.74) is 1.61. The van der Waals surface area contributed by atoms with Crippen LogP contribution in [0.5, 0.6) is 0 Å². The van der Waals surface area contributed by atoms with Crippen LogP contribution in [0.25, 0.3) is 0 Å². The van der Waals surface area contributed by atoms with E-state index in [-0.39, 0.29) is 16.8 Å². The van der Waals surface area contributed by atoms with Crippen LogP contribution in [0.15, 0.2) is 53.4 Å². The number of anilines is 1. The van der Waals surface area contributed by atoms with Crippen molar-refractivity contribution in [3.63, 3.8) is 0 Å². The molecule has 6 nitrogen and oxygen atoms in total. The molecule has 0 spiro atoms. The summed E-state index contributed by atoms with van der Waals surface area (Å²) in [5.74, 6) is -0.416. The fourth-order valence-electron chi connectivity index (χ4n) is 4.89. The predicted octanol–water partition coefficient (Wildman–Crippen LogP) is 4.18. The fraction of sp³-hybridized carbons (Fsp3) is 0.480. The number of benzene rings is 2. The molecule has 1 aliphatic carbocycles. The van der Waals surface area contributed by atoms with Gasteiger partial charge in [0.1, 0.15) is 5.82 Å². The van der Waals surface area contributed by atoms with Gasteiger partial charge in [-0.3, -0.25) is 4.79 Å². The molecular weight excluding hydrogens is 441 g/mol. The molecule has 1 N–H and O–H groups in total. The number of nitrogens with zero attached hydrogens (tertiary/aromatic N) is 2. The number of nitrogens with one attached hydrogen (secondary N) is 1. The Bertz CT molecular complexity index is 1060. The maximum Gasteiger partial charge on any atom is 0.255 e. The SMILES string of the molecule is CN(C(=O)c1ccccc1N1CCC(NS(=O)(=O)c2ccc(F)cc2)CC1)C1CCCCC1. The van der Waals surface area contributed by atoms with Crippen molar-refractivity contribution < 1.29 is 17.6 Å². The van der Waals surface area contributed by atoms with Crippen molar-refractivity contribution in [2.75, 3.05) is 25.0 Å². The topological polar surface area (TPSA) is 69.7 Å². The standard InChI is InChI=1S/C25H32FN3O3S/c1-28(21-7-3-2-4-8-21)25(30)23-9-5-6-10-24(23)29-17-15-20(16-18-29)27-33(31,32)22-13-11-19(26)12-14-22/h5-6,9-14,20-21,27H,2-4,7-8,15-18H2,1H3. The summed E-state index contributed by atoms with van der Waals surface area (Å²) in [5, 5.41) is 0. The predicted molar refractivity (Wildman–Crippen MR) is 127 cm³/mol. The average molecular weight is 474 g/mol. The molecule has 0 bridgehead atoms. The lowest BCUT2D eigenvalue weighted by molar-refractivity contribution is 0.0697. The highest BCUT2D eigenvalue weighted by Crippen LogP contribution is 2.28. The second-order valence-corrected chi connectivity index (χ2v) is 10.8. The summed E-state index contributed by atoms with van der Waals surface area (Å²) in [6, 6.07) is 12.6. The molecule has 0 unspecified atom stereocenters. The maximum absolute atomic E-state index is 13.3. The number of para-hydroxylation sites is 1. The average Bonchev–Trinajstić information content (AvgIpc) is 2.84. The Morgan fingerprint density at radius 3 is 2.27 bits per heavy atom. The van der Waals surface area contributed by atoms with Gasteiger partial charge in [0.15, 0.2) is 0 Å². The number of rotatable bonds is 6. The molecule has 8 heteroatoms. The van der Waals surface area contributed by atoms with Gasteiger partial charge in [0.25, 0.3) is 5.91 Å². The molecule has 2 aromatic rings. The van der Waals surface area contributed by atoms with E-state index in [2.05, 4.69) is 9.62 Å². The van der Waals surface area contributed by atoms with E-state index in [1.165, 1.54) is 31.4 Å². The zero-order valence-corrected chi connectivity index (χ0v) is 19.9. The van der Waals surface area contributed by atoms with Crippen LogP contribution < -0.4 is 9.62 Å². The number of piperidine rings is 1. The second-order valence-electron chi connectivity index (χ2n) is 9.06. The van der Waals surface area contributed by atoms with Gasteiger partial charge < -0.3 is 9.80 Å². The molecule has 1 saturated heterocycles. The molecule has 1 heterocycles. The normalized spacial score (nSPS) is 18.3. The third-order valence-corrected chi connectivity index (χ3v) is 8.40. The minimum atomic E-state index is -3.70. The molecule has 0 aromatic heterocycles. The Kier molecular flexibility index (Phi) is 7.34. The van der Waals surface area contributed by atoms with Gasteiger partial charge in [-0.2, -0.15) is 0 Å². The van der Waals surface area contributed by atoms with Gasteiger partial charge >= 0.3 is 0 Å². The number of carbonyl (C=O) groups excluding carboxylic acids is 1. The van der Waals surface area contributed by atoms with Crippen molar-refractivity contribution in [1.82, 2.24) is 9.62 Å². The van der Waals surface area contributed by atoms with Crippen LogP contribution >= 0.6 is 0 Å². The van der Waals surface area contributed by atoms with Crippen LogP contribution in [0.3, 0.4) is 0 Å². The van der Waals surface area contributed by atoms with Crippen LogP contribution in [0.1, 0.15) is 55.3 Å². The lowest BCUT2D eigenvalue weighted by atomic mass is 9.94. The van der Waals surface area contributed by atoms with E-state index in [0.29, 0.717) is 37.5 Å². The van der Waals surface area contributed by atoms with E-state index >= 15 is 0 Å². The molecule has 2 aromatic carbocycles. The molecule has 1 aliphatic heterocycles. The lowest BCUT2D eigenvalue weighted by Gasteiger charge is -2.36. The van der Waals surface area contributed by atoms with Crippen LogP contribution in [-0.4, -0.2) is 51.4 Å². The Balaban J connectivity index is 1.41. The van der Waals surface area contributed by atoms with Gasteiger partial charge in [0.2, 0.25) is 10.0 Å². The summed E-state index contributed by atoms with van der Waals surface area (Å²) in [6.45, 7) is 1.29. The van der Waals surface area contributed by atoms with Crippen LogP contribution in [0.4, 0.5) is 10.1 Å². The first-order valence-corrected chi connectivity index (χ1v) is 13.2. The van der Waals surface area contributed by atoms with Crippen molar-refractivity contribution in [3.05, 3.63) is 59.9 Å². The lowest BCUT2D eigenvalue weighted by Crippen LogP contribution is -2.45. The zero-order chi connectivity index (χ0) is 23.4. The monoisotopic (exact) mass is 473 g/mol. The molecule has 2 fully saturated rings. The smallest absolute Gasteiger partial charge is 0.255 e. The Morgan fingerprint density at radius 1 is 0.970 bits per heavy atom. The quantitative estimate of drug-likeness (QED) is 0.684. The highest BCUT2D eigenvalue weighted by atomic mass is 32.2. The molecule has 0 radical (unpaired) electrons. The molecule has 1 amide bonds. The zero-order valence-electron chi connectivity index (χ0n) is 19.0. The molecule has 33 heavy (non-hydrogen) atoms. The van der Waals surface area contributed by atoms with E-state index in [0.717, 1.165) is 30.7 Å². The number of hydrogen-bond donors (Lipinski definition) is 1. The Morgan fingerprint density at radius 2 is 1.61 bits per heavy atom. The highest BCUT2D eigenvalue weighted by molar-refractivity contribution is 7.89. The largest absolute Gasteiger partial charge is 0.371 e. The Hall–Kier alpha value is -2.45. The first-order valence-electron chi connectivity index (χ1n) is 11.7. The van der Waals surface area contributed by atoms with E-state index in [9.17, 15) is 17.6 Å². The van der Waals surface area contributed by atoms with Crippen molar-refractivity contribution >= 4 is 21.6 Å². The molecule has 1 saturated carbocycles. The summed E-state index contributed by atoms with van der Waals surface area (Å²) >= 11 is 0. The first kappa shape index (κ1) is 23.7. The van der Waals surface area contributed by atoms with Crippen LogP contribution in [0, 0.1) is 5.82 Å². The summed E-state index contributed by atoms with van der Waals surface area (Å²) < 4.78 is 41.2. The van der Waals surface area contributed by atoms with Crippen molar-refractivity contribution in [2.45, 2.75) is 61.9 Å². The van der Waals surface area contributed by atoms with E-state index in [4.69, 9.17) is 0 Å². The summed E-state index contributed by atoms with van der Waals surface area (Å²) in [7, 11) is -1.79. The van der Waals surface area contributed by atoms with E-state index in [1.807, 2.05) is 36.2 Å². The van der Waals surface area contributed by atoms with Gasteiger partial charge in [0.05, 0.1) is 10.5 Å². The Labute approximate surface area is 195 Å². The van der Waals surface area contributed by atoms with Crippen molar-refractivity contribution in [1.29, 1.82) is 0 Å². The van der Waals surface area contributed by atoms with Gasteiger partial charge in [-0.05, 0) is 62.1 Å². The highest BCUT2D eigenvalue weighted by Gasteiger charge is 2.29. The molecule has 0 atom stereocenters. The van der Waals surface area contributed by atoms with Crippen molar-refractivity contribution in [2.24, 2.45) is 0 Å². The van der Waals surface area contributed by atoms with Gasteiger partial charge in [0, 0.05) is 37.9 Å². The van der Waals surface area contributed by atoms with E-state index in [1.54, 1.807) is 0 Å². The maximum atomic E-state index is 13.3. The summed E-state index contributed by atoms with van der Waals surface area (Å²) in [6.07, 6.45) is 6.96. The number of amides is 1. The fourth-order valence-corrected chi connectivity index (χ4v) is 6.20. The third-order valence-electron chi connectivity index (χ3n) is 6.86. The summed E-state index contributed by atoms with van der Waals surface area (Å²) in [4.78, 5) is 17.5. The van der Waals surface area contributed by atoms with Crippen LogP contribution in [0.2, 0.25) is 0 Å². The van der Waals surface area contributed by atoms with Gasteiger partial charge in [-0.15, -0.1) is 0 Å². The van der Waals surface area contributed by atoms with Gasteiger partial charge in [-0.1, -0.05) is 31.4 Å². The number of hydrogen-bond acceptors (Lipinski definition) is 4. The number of carbonyl (C=O) groups is 1. The third kappa shape index (κ3) is 5.55. The van der Waals surface area contributed by atoms with Crippen LogP contribution in [-0.2, 0) is 10.0 Å². The second kappa shape index (κ2) is 10.2. The van der Waals surface area contributed by atoms with Gasteiger partial charge in [-0.25, -0.2) is 17.5 Å². The van der Waals surface area contributed by atoms with Crippen molar-refractivity contribution in [3.8, 4) is 0 Å². The number of halogens is 1.